The Morgan fingerprint density at radius 1 is 1.44 bits per heavy atom. The van der Waals surface area contributed by atoms with Gasteiger partial charge in [-0.05, 0) is 0 Å². The number of nitro groups is 1. The Kier molecular flexibility index (Phi) is 3.94. The van der Waals surface area contributed by atoms with Gasteiger partial charge in [0, 0.05) is 6.07 Å². The number of benzene rings is 1. The molecule has 1 aromatic carbocycles. The number of hydrogen-bond donors (Lipinski definition) is 1. The van der Waals surface area contributed by atoms with E-state index in [-0.39, 0.29) is 5.75 Å². The summed E-state index contributed by atoms with van der Waals surface area (Å²) in [5.74, 6) is -1.49. The summed E-state index contributed by atoms with van der Waals surface area (Å²) in [6.45, 7) is -1.45. The molecule has 1 N–H and O–H groups in total. The van der Waals surface area contributed by atoms with Crippen LogP contribution in [0.4, 0.5) is 28.9 Å². The van der Waals surface area contributed by atoms with Crippen LogP contribution in [0.1, 0.15) is 0 Å². The molecule has 0 amide bonds. The molecule has 0 aliphatic carbocycles. The van der Waals surface area contributed by atoms with Gasteiger partial charge in [-0.15, -0.1) is 0 Å². The summed E-state index contributed by atoms with van der Waals surface area (Å²) in [7, 11) is 1.09. The molecule has 100 valence electrons. The van der Waals surface area contributed by atoms with Gasteiger partial charge in [-0.2, -0.15) is 13.2 Å². The Morgan fingerprint density at radius 2 is 2.06 bits per heavy atom. The highest BCUT2D eigenvalue weighted by molar-refractivity contribution is 5.59. The molecule has 0 unspecified atom stereocenters. The van der Waals surface area contributed by atoms with Gasteiger partial charge < -0.3 is 10.1 Å². The van der Waals surface area contributed by atoms with Crippen molar-refractivity contribution in [1.29, 1.82) is 0 Å². The van der Waals surface area contributed by atoms with Gasteiger partial charge in [-0.25, -0.2) is 4.39 Å². The average Bonchev–Trinajstić information content (AvgIpc) is 2.25. The normalized spacial score (nSPS) is 11.2. The van der Waals surface area contributed by atoms with Crippen LogP contribution in [0, 0.1) is 15.9 Å². The molecule has 5 nitrogen and oxygen atoms in total. The van der Waals surface area contributed by atoms with Crippen LogP contribution in [0.3, 0.4) is 0 Å². The zero-order chi connectivity index (χ0) is 13.9. The van der Waals surface area contributed by atoms with Crippen LogP contribution in [-0.2, 0) is 0 Å². The zero-order valence-electron chi connectivity index (χ0n) is 9.05. The van der Waals surface area contributed by atoms with Gasteiger partial charge in [-0.3, -0.25) is 10.1 Å². The largest absolute Gasteiger partial charge is 0.490 e. The van der Waals surface area contributed by atoms with E-state index in [9.17, 15) is 27.7 Å². The van der Waals surface area contributed by atoms with Crippen LogP contribution in [0.15, 0.2) is 12.1 Å². The molecule has 0 aromatic heterocycles. The number of nitrogens with zero attached hydrogens (tertiary/aromatic N) is 1. The molecule has 0 spiro atoms. The predicted octanol–water partition coefficient (Wildman–Crippen LogP) is 2.72. The fraction of sp³-hybridized carbons (Fsp3) is 0.333. The van der Waals surface area contributed by atoms with Crippen molar-refractivity contribution in [3.63, 3.8) is 0 Å². The van der Waals surface area contributed by atoms with Gasteiger partial charge in [0.25, 0.3) is 0 Å². The molecule has 0 aliphatic heterocycles. The quantitative estimate of drug-likeness (QED) is 0.518. The van der Waals surface area contributed by atoms with E-state index in [2.05, 4.69) is 4.74 Å². The monoisotopic (exact) mass is 268 g/mol. The average molecular weight is 268 g/mol. The molecule has 1 rings (SSSR count). The van der Waals surface area contributed by atoms with Crippen molar-refractivity contribution in [2.75, 3.05) is 19.0 Å². The number of ether oxygens (including phenoxy) is 1. The fourth-order valence-corrected chi connectivity index (χ4v) is 1.18. The minimum absolute atomic E-state index is 0.328. The zero-order valence-corrected chi connectivity index (χ0v) is 9.05. The van der Waals surface area contributed by atoms with E-state index in [4.69, 9.17) is 0 Å². The number of nitro benzene ring substituents is 1. The van der Waals surface area contributed by atoms with E-state index in [0.717, 1.165) is 13.2 Å². The molecule has 0 fully saturated rings. The maximum atomic E-state index is 13.3. The SMILES string of the molecule is COc1cc(NCC(F)(F)F)c(F)cc1[N+](=O)[O-]. The van der Waals surface area contributed by atoms with Crippen molar-refractivity contribution in [2.24, 2.45) is 0 Å². The summed E-state index contributed by atoms with van der Waals surface area (Å²) in [6, 6.07) is 1.30. The van der Waals surface area contributed by atoms with Crippen molar-refractivity contribution in [1.82, 2.24) is 0 Å². The fourth-order valence-electron chi connectivity index (χ4n) is 1.18. The van der Waals surface area contributed by atoms with E-state index in [1.807, 2.05) is 0 Å². The van der Waals surface area contributed by atoms with Crippen LogP contribution in [0.25, 0.3) is 0 Å². The number of alkyl halides is 3. The first-order chi connectivity index (χ1) is 8.24. The van der Waals surface area contributed by atoms with E-state index in [0.29, 0.717) is 6.07 Å². The Bertz CT molecular complexity index is 462. The second-order valence-corrected chi connectivity index (χ2v) is 3.23. The lowest BCUT2D eigenvalue weighted by atomic mass is 10.2. The molecule has 9 heteroatoms. The highest BCUT2D eigenvalue weighted by atomic mass is 19.4. The smallest absolute Gasteiger partial charge is 0.405 e. The van der Waals surface area contributed by atoms with Crippen LogP contribution < -0.4 is 10.1 Å². The van der Waals surface area contributed by atoms with E-state index in [1.54, 1.807) is 5.32 Å². The van der Waals surface area contributed by atoms with Crippen LogP contribution in [-0.4, -0.2) is 24.8 Å². The summed E-state index contributed by atoms with van der Waals surface area (Å²) in [5, 5.41) is 12.3. The molecule has 1 aromatic rings. The number of hydrogen-bond acceptors (Lipinski definition) is 4. The van der Waals surface area contributed by atoms with E-state index >= 15 is 0 Å². The van der Waals surface area contributed by atoms with Gasteiger partial charge in [0.2, 0.25) is 0 Å². The molecule has 0 bridgehead atoms. The van der Waals surface area contributed by atoms with E-state index in [1.165, 1.54) is 0 Å². The molecular weight excluding hydrogens is 260 g/mol. The van der Waals surface area contributed by atoms with Gasteiger partial charge in [0.05, 0.1) is 23.8 Å². The first-order valence-electron chi connectivity index (χ1n) is 4.57. The Labute approximate surface area is 98.5 Å². The number of anilines is 1. The topological polar surface area (TPSA) is 64.4 Å². The third-order valence-corrected chi connectivity index (χ3v) is 1.94. The van der Waals surface area contributed by atoms with Gasteiger partial charge in [0.1, 0.15) is 6.54 Å². The van der Waals surface area contributed by atoms with Crippen molar-refractivity contribution in [2.45, 2.75) is 6.18 Å². The standard InChI is InChI=1S/C9H8F4N2O3/c1-18-8-3-6(14-4-9(11,12)13)5(10)2-7(8)15(16)17/h2-3,14H,4H2,1H3. The van der Waals surface area contributed by atoms with Gasteiger partial charge >= 0.3 is 11.9 Å². The second kappa shape index (κ2) is 5.07. The maximum absolute atomic E-state index is 13.3. The lowest BCUT2D eigenvalue weighted by Gasteiger charge is -2.11. The number of rotatable bonds is 4. The van der Waals surface area contributed by atoms with E-state index < -0.39 is 34.8 Å². The van der Waals surface area contributed by atoms with Crippen molar-refractivity contribution in [3.8, 4) is 5.75 Å². The van der Waals surface area contributed by atoms with Gasteiger partial charge in [-0.1, -0.05) is 0 Å². The number of halogens is 4. The molecule has 0 heterocycles. The van der Waals surface area contributed by atoms with Crippen LogP contribution in [0.2, 0.25) is 0 Å². The summed E-state index contributed by atoms with van der Waals surface area (Å²) >= 11 is 0. The lowest BCUT2D eigenvalue weighted by Crippen LogP contribution is -2.21. The van der Waals surface area contributed by atoms with Crippen molar-refractivity contribution in [3.05, 3.63) is 28.1 Å². The second-order valence-electron chi connectivity index (χ2n) is 3.23. The molecule has 0 saturated heterocycles. The third kappa shape index (κ3) is 3.47. The molecule has 0 atom stereocenters. The first kappa shape index (κ1) is 14.0. The maximum Gasteiger partial charge on any atom is 0.405 e. The Balaban J connectivity index is 3.04. The summed E-state index contributed by atoms with van der Waals surface area (Å²) in [5.41, 5.74) is -1.18. The third-order valence-electron chi connectivity index (χ3n) is 1.94. The number of methoxy groups -OCH3 is 1. The molecular formula is C9H8F4N2O3. The minimum Gasteiger partial charge on any atom is -0.490 e. The Morgan fingerprint density at radius 3 is 2.50 bits per heavy atom. The highest BCUT2D eigenvalue weighted by Crippen LogP contribution is 2.32. The van der Waals surface area contributed by atoms with Crippen molar-refractivity contribution >= 4 is 11.4 Å². The summed E-state index contributed by atoms with van der Waals surface area (Å²) < 4.78 is 53.7. The molecule has 0 saturated carbocycles. The predicted molar refractivity (Wildman–Crippen MR) is 54.2 cm³/mol. The Hall–Kier alpha value is -2.06. The minimum atomic E-state index is -4.53. The number of nitrogens with one attached hydrogen (secondary N) is 1. The summed E-state index contributed by atoms with van der Waals surface area (Å²) in [6.07, 6.45) is -4.53. The van der Waals surface area contributed by atoms with Gasteiger partial charge in [0.15, 0.2) is 11.6 Å². The molecule has 0 radical (unpaired) electrons. The van der Waals surface area contributed by atoms with Crippen LogP contribution in [0.5, 0.6) is 5.75 Å². The highest BCUT2D eigenvalue weighted by Gasteiger charge is 2.28. The molecule has 18 heavy (non-hydrogen) atoms. The molecule has 0 aliphatic rings. The van der Waals surface area contributed by atoms with Crippen LogP contribution >= 0.6 is 0 Å². The summed E-state index contributed by atoms with van der Waals surface area (Å²) in [4.78, 5) is 9.63. The lowest BCUT2D eigenvalue weighted by molar-refractivity contribution is -0.385. The van der Waals surface area contributed by atoms with Crippen molar-refractivity contribution < 1.29 is 27.2 Å². The first-order valence-corrected chi connectivity index (χ1v) is 4.57.